The van der Waals surface area contributed by atoms with Crippen LogP contribution < -0.4 is 0 Å². The smallest absolute Gasteiger partial charge is 0.0659 e. The molecule has 0 amide bonds. The number of nitrogens with zero attached hydrogens (tertiary/aromatic N) is 2. The number of aryl methyl sites for hydroxylation is 3. The van der Waals surface area contributed by atoms with E-state index in [9.17, 15) is 5.41 Å². The average Bonchev–Trinajstić information content (AvgIpc) is 3.67. The number of nitrogens with one attached hydrogen (secondary N) is 1. The van der Waals surface area contributed by atoms with E-state index in [0.717, 1.165) is 49.1 Å². The summed E-state index contributed by atoms with van der Waals surface area (Å²) in [5.74, 6) is 0. The molecule has 5 rings (SSSR count). The highest BCUT2D eigenvalue weighted by Gasteiger charge is 2.17. The quantitative estimate of drug-likeness (QED) is 0.166. The number of benzene rings is 3. The van der Waals surface area contributed by atoms with E-state index in [1.165, 1.54) is 38.3 Å². The molecule has 0 fully saturated rings. The minimum atomic E-state index is 0.642. The van der Waals surface area contributed by atoms with Gasteiger partial charge in [-0.2, -0.15) is 5.10 Å². The Morgan fingerprint density at radius 2 is 1.65 bits per heavy atom. The van der Waals surface area contributed by atoms with Gasteiger partial charge in [-0.15, -0.1) is 11.3 Å². The predicted molar refractivity (Wildman–Crippen MR) is 170 cm³/mol. The Hall–Kier alpha value is -4.02. The fourth-order valence-electron chi connectivity index (χ4n) is 5.31. The maximum absolute atomic E-state index is 9.27. The van der Waals surface area contributed by atoms with Crippen LogP contribution in [0.3, 0.4) is 0 Å². The topological polar surface area (TPSA) is 41.7 Å². The van der Waals surface area contributed by atoms with E-state index in [-0.39, 0.29) is 0 Å². The predicted octanol–water partition coefficient (Wildman–Crippen LogP) is 9.40. The molecule has 0 saturated carbocycles. The van der Waals surface area contributed by atoms with E-state index in [2.05, 4.69) is 123 Å². The fourth-order valence-corrected chi connectivity index (χ4v) is 6.07. The van der Waals surface area contributed by atoms with Gasteiger partial charge in [-0.25, -0.2) is 0 Å². The fraction of sp³-hybridized carbons (Fsp3) is 0.222. The molecule has 0 saturated heterocycles. The second-order valence-corrected chi connectivity index (χ2v) is 11.3. The van der Waals surface area contributed by atoms with E-state index < -0.39 is 0 Å². The minimum Gasteiger partial charge on any atom is -0.300 e. The molecule has 2 heterocycles. The molecular formula is C36H37N3S. The highest BCUT2D eigenvalue weighted by Crippen LogP contribution is 2.29. The monoisotopic (exact) mass is 543 g/mol. The van der Waals surface area contributed by atoms with Crippen LogP contribution in [-0.4, -0.2) is 15.5 Å². The Bertz CT molecular complexity index is 1600. The Morgan fingerprint density at radius 3 is 2.40 bits per heavy atom. The van der Waals surface area contributed by atoms with E-state index in [1.54, 1.807) is 11.3 Å². The number of allylic oxidation sites excluding steroid dienone is 2. The molecule has 0 unspecified atom stereocenters. The highest BCUT2D eigenvalue weighted by atomic mass is 32.1. The summed E-state index contributed by atoms with van der Waals surface area (Å²) in [6.45, 7) is 7.26. The van der Waals surface area contributed by atoms with Crippen LogP contribution in [0.1, 0.15) is 59.5 Å². The highest BCUT2D eigenvalue weighted by molar-refractivity contribution is 7.11. The van der Waals surface area contributed by atoms with Crippen LogP contribution in [0.25, 0.3) is 16.7 Å². The average molecular weight is 544 g/mol. The summed E-state index contributed by atoms with van der Waals surface area (Å²) in [6.07, 6.45) is 5.71. The third-order valence-corrected chi connectivity index (χ3v) is 8.52. The van der Waals surface area contributed by atoms with Crippen molar-refractivity contribution in [3.05, 3.63) is 141 Å². The first-order valence-electron chi connectivity index (χ1n) is 14.1. The second-order valence-electron chi connectivity index (χ2n) is 10.4. The van der Waals surface area contributed by atoms with Gasteiger partial charge in [0, 0.05) is 16.6 Å². The van der Waals surface area contributed by atoms with Crippen molar-refractivity contribution in [2.75, 3.05) is 0 Å². The lowest BCUT2D eigenvalue weighted by Gasteiger charge is -2.16. The van der Waals surface area contributed by atoms with Crippen LogP contribution in [0.4, 0.5) is 0 Å². The summed E-state index contributed by atoms with van der Waals surface area (Å²) >= 11 is 1.74. The zero-order valence-corrected chi connectivity index (χ0v) is 24.5. The molecule has 0 bridgehead atoms. The van der Waals surface area contributed by atoms with Gasteiger partial charge in [0.1, 0.15) is 0 Å². The largest absolute Gasteiger partial charge is 0.300 e. The molecule has 1 N–H and O–H groups in total. The second kappa shape index (κ2) is 12.9. The molecule has 0 atom stereocenters. The van der Waals surface area contributed by atoms with Crippen LogP contribution in [0.2, 0.25) is 0 Å². The van der Waals surface area contributed by atoms with Crippen molar-refractivity contribution in [3.63, 3.8) is 0 Å². The maximum atomic E-state index is 9.27. The lowest BCUT2D eigenvalue weighted by atomic mass is 9.90. The SMILES string of the molecule is CCCc1ccccc1C(=N)/C(CCc1ccn(Cc2ccc(-c3ccccc3C)cc2)n1)=C(\C)c1cccs1. The van der Waals surface area contributed by atoms with E-state index in [4.69, 9.17) is 5.10 Å². The van der Waals surface area contributed by atoms with Crippen molar-refractivity contribution in [1.29, 1.82) is 5.41 Å². The maximum Gasteiger partial charge on any atom is 0.0659 e. The molecule has 0 spiro atoms. The van der Waals surface area contributed by atoms with Crippen LogP contribution >= 0.6 is 11.3 Å². The van der Waals surface area contributed by atoms with Crippen molar-refractivity contribution in [2.45, 2.75) is 53.0 Å². The van der Waals surface area contributed by atoms with Crippen molar-refractivity contribution in [2.24, 2.45) is 0 Å². The van der Waals surface area contributed by atoms with Gasteiger partial charge in [0.25, 0.3) is 0 Å². The summed E-state index contributed by atoms with van der Waals surface area (Å²) < 4.78 is 2.02. The first-order chi connectivity index (χ1) is 19.5. The molecule has 5 aromatic rings. The molecule has 0 aliphatic rings. The summed E-state index contributed by atoms with van der Waals surface area (Å²) in [5.41, 5.74) is 11.3. The molecule has 3 nitrogen and oxygen atoms in total. The van der Waals surface area contributed by atoms with Gasteiger partial charge >= 0.3 is 0 Å². The summed E-state index contributed by atoms with van der Waals surface area (Å²) in [7, 11) is 0. The lowest BCUT2D eigenvalue weighted by molar-refractivity contribution is 0.670. The van der Waals surface area contributed by atoms with Gasteiger partial charge in [0.2, 0.25) is 0 Å². The molecule has 0 aliphatic heterocycles. The van der Waals surface area contributed by atoms with E-state index in [0.29, 0.717) is 5.71 Å². The number of hydrogen-bond donors (Lipinski definition) is 1. The lowest BCUT2D eigenvalue weighted by Crippen LogP contribution is -2.10. The zero-order chi connectivity index (χ0) is 27.9. The van der Waals surface area contributed by atoms with Crippen LogP contribution in [0.5, 0.6) is 0 Å². The van der Waals surface area contributed by atoms with Crippen molar-refractivity contribution in [3.8, 4) is 11.1 Å². The number of rotatable bonds is 11. The van der Waals surface area contributed by atoms with Crippen molar-refractivity contribution in [1.82, 2.24) is 9.78 Å². The number of aromatic nitrogens is 2. The van der Waals surface area contributed by atoms with Gasteiger partial charge in [-0.1, -0.05) is 92.2 Å². The molecule has 0 aliphatic carbocycles. The first-order valence-corrected chi connectivity index (χ1v) is 15.0. The Labute approximate surface area is 242 Å². The molecule has 0 radical (unpaired) electrons. The van der Waals surface area contributed by atoms with Crippen LogP contribution in [-0.2, 0) is 19.4 Å². The Kier molecular flexibility index (Phi) is 8.87. The number of hydrogen-bond acceptors (Lipinski definition) is 3. The van der Waals surface area contributed by atoms with Gasteiger partial charge in [0.15, 0.2) is 0 Å². The zero-order valence-electron chi connectivity index (χ0n) is 23.7. The summed E-state index contributed by atoms with van der Waals surface area (Å²) in [6, 6.07) is 32.1. The van der Waals surface area contributed by atoms with Crippen molar-refractivity contribution >= 4 is 22.6 Å². The van der Waals surface area contributed by atoms with Crippen LogP contribution in [0.15, 0.2) is 108 Å². The van der Waals surface area contributed by atoms with Gasteiger partial charge in [0.05, 0.1) is 18.0 Å². The van der Waals surface area contributed by atoms with Gasteiger partial charge in [-0.05, 0) is 89.6 Å². The summed E-state index contributed by atoms with van der Waals surface area (Å²) in [5, 5.41) is 16.3. The van der Waals surface area contributed by atoms with Crippen LogP contribution in [0, 0.1) is 12.3 Å². The van der Waals surface area contributed by atoms with E-state index in [1.807, 2.05) is 4.68 Å². The Balaban J connectivity index is 1.31. The normalized spacial score (nSPS) is 11.9. The standard InChI is InChI=1S/C36H37N3S/c1-4-10-29-12-6-8-14-34(29)36(37)33(27(3)35-15-9-24-40-35)21-20-31-22-23-39(38-31)25-28-16-18-30(19-17-28)32-13-7-5-11-26(32)2/h5-9,11-19,22-24,37H,4,10,20-21,25H2,1-3H3/b33-27+,37-36?. The van der Waals surface area contributed by atoms with Gasteiger partial charge in [-0.3, -0.25) is 10.1 Å². The van der Waals surface area contributed by atoms with Gasteiger partial charge < -0.3 is 0 Å². The minimum absolute atomic E-state index is 0.642. The first kappa shape index (κ1) is 27.5. The third-order valence-electron chi connectivity index (χ3n) is 7.53. The molecule has 202 valence electrons. The van der Waals surface area contributed by atoms with Crippen molar-refractivity contribution < 1.29 is 0 Å². The molecule has 3 aromatic carbocycles. The number of thiophene rings is 1. The molecule has 40 heavy (non-hydrogen) atoms. The summed E-state index contributed by atoms with van der Waals surface area (Å²) in [4.78, 5) is 1.23. The van der Waals surface area contributed by atoms with E-state index >= 15 is 0 Å². The molecular weight excluding hydrogens is 506 g/mol. The Morgan fingerprint density at radius 1 is 0.875 bits per heavy atom. The molecule has 2 aromatic heterocycles. The molecule has 4 heteroatoms. The third kappa shape index (κ3) is 6.40.